The molecule has 0 aliphatic rings. The van der Waals surface area contributed by atoms with E-state index in [9.17, 15) is 19.5 Å². The number of nitrogens with zero attached hydrogens (tertiary/aromatic N) is 1. The van der Waals surface area contributed by atoms with Gasteiger partial charge in [0.15, 0.2) is 0 Å². The number of hydrogen-bond donors (Lipinski definition) is 3. The zero-order chi connectivity index (χ0) is 27.9. The highest BCUT2D eigenvalue weighted by atomic mass is 16.6. The van der Waals surface area contributed by atoms with E-state index in [1.54, 1.807) is 52.8 Å². The van der Waals surface area contributed by atoms with Crippen molar-refractivity contribution >= 4 is 23.6 Å². The molecular weight excluding hydrogens is 470 g/mol. The van der Waals surface area contributed by atoms with E-state index >= 15 is 0 Å². The van der Waals surface area contributed by atoms with Crippen LogP contribution in [0.15, 0.2) is 42.5 Å². The molecule has 0 aliphatic heterocycles. The van der Waals surface area contributed by atoms with Crippen molar-refractivity contribution < 1.29 is 24.2 Å². The van der Waals surface area contributed by atoms with Gasteiger partial charge in [0.25, 0.3) is 5.91 Å². The number of likely N-dealkylation sites (N-methyl/N-ethyl adjacent to an activating group) is 1. The first-order valence-electron chi connectivity index (χ1n) is 12.7. The summed E-state index contributed by atoms with van der Waals surface area (Å²) in [7, 11) is 0. The first-order valence-corrected chi connectivity index (χ1v) is 12.7. The summed E-state index contributed by atoms with van der Waals surface area (Å²) in [5.74, 6) is -0.592. The highest BCUT2D eigenvalue weighted by molar-refractivity contribution is 5.99. The minimum absolute atomic E-state index is 0.0951. The number of amides is 3. The Bertz CT molecular complexity index is 1110. The minimum atomic E-state index is -0.994. The maximum absolute atomic E-state index is 13.9. The lowest BCUT2D eigenvalue weighted by molar-refractivity contribution is -0.140. The molecule has 0 aliphatic carbocycles. The molecule has 202 valence electrons. The summed E-state index contributed by atoms with van der Waals surface area (Å²) >= 11 is 0. The number of para-hydroxylation sites is 1. The van der Waals surface area contributed by atoms with Gasteiger partial charge in [0.2, 0.25) is 5.91 Å². The van der Waals surface area contributed by atoms with Gasteiger partial charge in [-0.2, -0.15) is 0 Å². The Labute approximate surface area is 220 Å². The molecule has 2 rings (SSSR count). The summed E-state index contributed by atoms with van der Waals surface area (Å²) in [5.41, 5.74) is 1.94. The number of carbonyl (C=O) groups is 3. The molecule has 2 aromatic rings. The van der Waals surface area contributed by atoms with Crippen LogP contribution in [-0.4, -0.2) is 46.1 Å². The van der Waals surface area contributed by atoms with Crippen LogP contribution in [0.3, 0.4) is 0 Å². The van der Waals surface area contributed by atoms with E-state index in [2.05, 4.69) is 10.6 Å². The molecule has 0 heterocycles. The van der Waals surface area contributed by atoms with E-state index in [0.717, 1.165) is 5.56 Å². The monoisotopic (exact) mass is 511 g/mol. The van der Waals surface area contributed by atoms with Gasteiger partial charge in [0.1, 0.15) is 23.4 Å². The van der Waals surface area contributed by atoms with Gasteiger partial charge < -0.3 is 25.4 Å². The van der Waals surface area contributed by atoms with Crippen LogP contribution in [-0.2, 0) is 14.3 Å². The maximum atomic E-state index is 13.9. The van der Waals surface area contributed by atoms with Gasteiger partial charge in [-0.25, -0.2) is 4.79 Å². The summed E-state index contributed by atoms with van der Waals surface area (Å²) < 4.78 is 5.40. The smallest absolute Gasteiger partial charge is 0.408 e. The first-order chi connectivity index (χ1) is 17.2. The Morgan fingerprint density at radius 3 is 2.22 bits per heavy atom. The third kappa shape index (κ3) is 8.51. The molecule has 0 saturated heterocycles. The number of rotatable bonds is 9. The molecule has 0 spiro atoms. The Kier molecular flexibility index (Phi) is 10.1. The van der Waals surface area contributed by atoms with Crippen LogP contribution in [0.25, 0.3) is 0 Å². The Balaban J connectivity index is 2.49. The molecule has 2 aromatic carbocycles. The lowest BCUT2D eigenvalue weighted by Crippen LogP contribution is -2.52. The van der Waals surface area contributed by atoms with Crippen LogP contribution >= 0.6 is 0 Å². The topological polar surface area (TPSA) is 108 Å². The van der Waals surface area contributed by atoms with Crippen molar-refractivity contribution in [1.29, 1.82) is 0 Å². The van der Waals surface area contributed by atoms with E-state index in [1.807, 2.05) is 39.0 Å². The number of ether oxygens (including phenoxy) is 1. The van der Waals surface area contributed by atoms with Crippen LogP contribution in [0.4, 0.5) is 10.5 Å². The normalized spacial score (nSPS) is 13.0. The van der Waals surface area contributed by atoms with Gasteiger partial charge in [0, 0.05) is 12.2 Å². The zero-order valence-electron chi connectivity index (χ0n) is 23.2. The number of aromatic hydroxyl groups is 1. The third-order valence-corrected chi connectivity index (χ3v) is 5.82. The lowest BCUT2D eigenvalue weighted by atomic mass is 9.98. The average molecular weight is 512 g/mol. The standard InChI is InChI=1S/C29H41N3O5/c1-9-32(27(35)23(16-18(2)3)31-28(36)37-29(6,7)8)25(21-14-15-24(33)20(5)17-21)26(34)30-22-13-11-10-12-19(22)4/h10-15,17-18,23,25,33H,9,16H2,1-8H3,(H,30,34)(H,31,36). The summed E-state index contributed by atoms with van der Waals surface area (Å²) in [5, 5.41) is 15.8. The maximum Gasteiger partial charge on any atom is 0.408 e. The Morgan fingerprint density at radius 1 is 1.03 bits per heavy atom. The van der Waals surface area contributed by atoms with Gasteiger partial charge in [-0.1, -0.05) is 38.1 Å². The van der Waals surface area contributed by atoms with Crippen LogP contribution in [0.2, 0.25) is 0 Å². The fourth-order valence-corrected chi connectivity index (χ4v) is 4.04. The molecule has 3 amide bonds. The van der Waals surface area contributed by atoms with Crippen molar-refractivity contribution in [3.8, 4) is 5.75 Å². The van der Waals surface area contributed by atoms with Crippen LogP contribution in [0.5, 0.6) is 5.75 Å². The summed E-state index contributed by atoms with van der Waals surface area (Å²) in [6.07, 6.45) is -0.320. The molecule has 2 atom stereocenters. The second-order valence-electron chi connectivity index (χ2n) is 10.7. The van der Waals surface area contributed by atoms with Crippen LogP contribution in [0, 0.1) is 19.8 Å². The Morgan fingerprint density at radius 2 is 1.68 bits per heavy atom. The summed E-state index contributed by atoms with van der Waals surface area (Å²) in [6.45, 7) is 14.8. The van der Waals surface area contributed by atoms with Gasteiger partial charge in [-0.05, 0) is 88.8 Å². The molecule has 8 heteroatoms. The average Bonchev–Trinajstić information content (AvgIpc) is 2.78. The highest BCUT2D eigenvalue weighted by Crippen LogP contribution is 2.29. The molecule has 8 nitrogen and oxygen atoms in total. The number of anilines is 1. The molecule has 0 radical (unpaired) electrons. The Hall–Kier alpha value is -3.55. The molecule has 0 aromatic heterocycles. The molecule has 0 bridgehead atoms. The van der Waals surface area contributed by atoms with Gasteiger partial charge >= 0.3 is 6.09 Å². The van der Waals surface area contributed by atoms with Crippen molar-refractivity contribution in [1.82, 2.24) is 10.2 Å². The number of benzene rings is 2. The van der Waals surface area contributed by atoms with Crippen molar-refractivity contribution in [2.24, 2.45) is 5.92 Å². The van der Waals surface area contributed by atoms with Crippen molar-refractivity contribution in [2.45, 2.75) is 79.5 Å². The van der Waals surface area contributed by atoms with Crippen LogP contribution in [0.1, 0.15) is 70.7 Å². The van der Waals surface area contributed by atoms with E-state index in [0.29, 0.717) is 23.2 Å². The van der Waals surface area contributed by atoms with Gasteiger partial charge in [0.05, 0.1) is 0 Å². The molecule has 2 unspecified atom stereocenters. The van der Waals surface area contributed by atoms with Gasteiger partial charge in [-0.3, -0.25) is 9.59 Å². The molecule has 37 heavy (non-hydrogen) atoms. The van der Waals surface area contributed by atoms with E-state index in [4.69, 9.17) is 4.74 Å². The van der Waals surface area contributed by atoms with Gasteiger partial charge in [-0.15, -0.1) is 0 Å². The first kappa shape index (κ1) is 29.7. The quantitative estimate of drug-likeness (QED) is 0.413. The number of hydrogen-bond acceptors (Lipinski definition) is 5. The van der Waals surface area contributed by atoms with E-state index in [-0.39, 0.29) is 18.2 Å². The number of phenols is 1. The molecule has 3 N–H and O–H groups in total. The van der Waals surface area contributed by atoms with Crippen molar-refractivity contribution in [3.05, 3.63) is 59.2 Å². The number of carbonyl (C=O) groups excluding carboxylic acids is 3. The number of alkyl carbamates (subject to hydrolysis) is 1. The number of aryl methyl sites for hydroxylation is 2. The zero-order valence-corrected chi connectivity index (χ0v) is 23.2. The molecule has 0 saturated carbocycles. The van der Waals surface area contributed by atoms with E-state index < -0.39 is 35.6 Å². The predicted octanol–water partition coefficient (Wildman–Crippen LogP) is 5.48. The third-order valence-electron chi connectivity index (χ3n) is 5.82. The SMILES string of the molecule is CCN(C(=O)C(CC(C)C)NC(=O)OC(C)(C)C)C(C(=O)Nc1ccccc1C)c1ccc(O)c(C)c1. The number of nitrogens with one attached hydrogen (secondary N) is 2. The summed E-state index contributed by atoms with van der Waals surface area (Å²) in [6, 6.07) is 10.4. The van der Waals surface area contributed by atoms with Crippen molar-refractivity contribution in [3.63, 3.8) is 0 Å². The van der Waals surface area contributed by atoms with Crippen molar-refractivity contribution in [2.75, 3.05) is 11.9 Å². The van der Waals surface area contributed by atoms with E-state index in [1.165, 1.54) is 11.0 Å². The molecule has 0 fully saturated rings. The second-order valence-corrected chi connectivity index (χ2v) is 10.7. The minimum Gasteiger partial charge on any atom is -0.508 e. The molecular formula is C29H41N3O5. The largest absolute Gasteiger partial charge is 0.508 e. The highest BCUT2D eigenvalue weighted by Gasteiger charge is 2.36. The predicted molar refractivity (Wildman–Crippen MR) is 145 cm³/mol. The second kappa shape index (κ2) is 12.6. The lowest BCUT2D eigenvalue weighted by Gasteiger charge is -2.34. The fraction of sp³-hybridized carbons (Fsp3) is 0.483. The van der Waals surface area contributed by atoms with Crippen LogP contribution < -0.4 is 10.6 Å². The fourth-order valence-electron chi connectivity index (χ4n) is 4.04. The summed E-state index contributed by atoms with van der Waals surface area (Å²) in [4.78, 5) is 41.7. The number of phenolic OH excluding ortho intramolecular Hbond substituents is 1.